The Morgan fingerprint density at radius 3 is 2.57 bits per heavy atom. The van der Waals surface area contributed by atoms with E-state index < -0.39 is 29.7 Å². The van der Waals surface area contributed by atoms with Crippen molar-refractivity contribution in [2.45, 2.75) is 25.6 Å². The fourth-order valence-corrected chi connectivity index (χ4v) is 3.42. The Kier molecular flexibility index (Phi) is 4.92. The summed E-state index contributed by atoms with van der Waals surface area (Å²) in [5, 5.41) is 6.62. The SMILES string of the molecule is O=C(Nc1ccccc1OC(F)(F)F)c1nn(-c2ccc(F)c(F)c2)c2c1CCC2. The minimum Gasteiger partial charge on any atom is -0.404 e. The molecule has 0 saturated carbocycles. The molecule has 4 rings (SSSR count). The van der Waals surface area contributed by atoms with Crippen LogP contribution >= 0.6 is 0 Å². The van der Waals surface area contributed by atoms with Gasteiger partial charge in [-0.3, -0.25) is 4.79 Å². The molecule has 1 aromatic heterocycles. The summed E-state index contributed by atoms with van der Waals surface area (Å²) in [5.41, 5.74) is 1.37. The number of benzene rings is 2. The molecule has 10 heteroatoms. The maximum absolute atomic E-state index is 13.6. The number of nitrogens with one attached hydrogen (secondary N) is 1. The molecule has 1 aliphatic carbocycles. The highest BCUT2D eigenvalue weighted by molar-refractivity contribution is 6.05. The maximum Gasteiger partial charge on any atom is 0.573 e. The van der Waals surface area contributed by atoms with E-state index in [-0.39, 0.29) is 17.1 Å². The molecule has 1 N–H and O–H groups in total. The Bertz CT molecular complexity index is 1120. The van der Waals surface area contributed by atoms with E-state index in [1.807, 2.05) is 0 Å². The van der Waals surface area contributed by atoms with Crippen molar-refractivity contribution in [3.8, 4) is 11.4 Å². The standard InChI is InChI=1S/C20H14F5N3O2/c21-13-9-8-11(10-14(13)22)28-16-6-3-4-12(16)18(27-28)19(29)26-15-5-1-2-7-17(15)30-20(23,24)25/h1-2,5,7-10H,3-4,6H2,(H,26,29). The Balaban J connectivity index is 1.67. The largest absolute Gasteiger partial charge is 0.573 e. The van der Waals surface area contributed by atoms with Crippen LogP contribution in [0.25, 0.3) is 5.69 Å². The van der Waals surface area contributed by atoms with Crippen molar-refractivity contribution in [2.24, 2.45) is 0 Å². The number of fused-ring (bicyclic) bond motifs is 1. The van der Waals surface area contributed by atoms with Gasteiger partial charge in [-0.25, -0.2) is 13.5 Å². The minimum atomic E-state index is -4.92. The van der Waals surface area contributed by atoms with Gasteiger partial charge in [-0.05, 0) is 43.5 Å². The molecule has 0 fully saturated rings. The zero-order valence-electron chi connectivity index (χ0n) is 15.3. The summed E-state index contributed by atoms with van der Waals surface area (Å²) in [6, 6.07) is 8.39. The second-order valence-electron chi connectivity index (χ2n) is 6.64. The van der Waals surface area contributed by atoms with E-state index in [9.17, 15) is 26.7 Å². The molecule has 0 atom stereocenters. The first-order valence-corrected chi connectivity index (χ1v) is 8.95. The van der Waals surface area contributed by atoms with Gasteiger partial charge >= 0.3 is 6.36 Å². The highest BCUT2D eigenvalue weighted by Crippen LogP contribution is 2.32. The van der Waals surface area contributed by atoms with E-state index in [1.165, 1.54) is 28.9 Å². The first-order valence-electron chi connectivity index (χ1n) is 8.95. The van der Waals surface area contributed by atoms with Gasteiger partial charge in [0.2, 0.25) is 0 Å². The lowest BCUT2D eigenvalue weighted by Crippen LogP contribution is -2.20. The number of carbonyl (C=O) groups is 1. The predicted molar refractivity (Wildman–Crippen MR) is 96.6 cm³/mol. The van der Waals surface area contributed by atoms with Crippen molar-refractivity contribution in [3.63, 3.8) is 0 Å². The molecule has 1 heterocycles. The maximum atomic E-state index is 13.6. The van der Waals surface area contributed by atoms with Crippen LogP contribution in [0.3, 0.4) is 0 Å². The number of nitrogens with zero attached hydrogens (tertiary/aromatic N) is 2. The van der Waals surface area contributed by atoms with Gasteiger partial charge in [-0.1, -0.05) is 12.1 Å². The van der Waals surface area contributed by atoms with Crippen LogP contribution in [0.2, 0.25) is 0 Å². The molecule has 0 unspecified atom stereocenters. The predicted octanol–water partition coefficient (Wildman–Crippen LogP) is 4.79. The summed E-state index contributed by atoms with van der Waals surface area (Å²) in [5.74, 6) is -3.36. The summed E-state index contributed by atoms with van der Waals surface area (Å²) in [7, 11) is 0. The van der Waals surface area contributed by atoms with Crippen molar-refractivity contribution in [1.29, 1.82) is 0 Å². The number of ether oxygens (including phenoxy) is 1. The minimum absolute atomic E-state index is 0.00837. The number of carbonyl (C=O) groups excluding carboxylic acids is 1. The number of hydrogen-bond acceptors (Lipinski definition) is 3. The lowest BCUT2D eigenvalue weighted by molar-refractivity contribution is -0.274. The highest BCUT2D eigenvalue weighted by atomic mass is 19.4. The van der Waals surface area contributed by atoms with Gasteiger partial charge in [0, 0.05) is 17.3 Å². The number of para-hydroxylation sites is 2. The number of rotatable bonds is 4. The third kappa shape index (κ3) is 3.85. The lowest BCUT2D eigenvalue weighted by atomic mass is 10.2. The van der Waals surface area contributed by atoms with E-state index in [0.717, 1.165) is 24.6 Å². The first-order chi connectivity index (χ1) is 14.2. The molecule has 2 aromatic carbocycles. The lowest BCUT2D eigenvalue weighted by Gasteiger charge is -2.13. The van der Waals surface area contributed by atoms with E-state index in [2.05, 4.69) is 15.2 Å². The number of aromatic nitrogens is 2. The summed E-state index contributed by atoms with van der Waals surface area (Å²) < 4.78 is 70.0. The first kappa shape index (κ1) is 19.9. The molecule has 1 aliphatic rings. The molecule has 0 saturated heterocycles. The average molecular weight is 423 g/mol. The average Bonchev–Trinajstić information content (AvgIpc) is 3.27. The van der Waals surface area contributed by atoms with Gasteiger partial charge in [-0.15, -0.1) is 13.2 Å². The van der Waals surface area contributed by atoms with E-state index >= 15 is 0 Å². The van der Waals surface area contributed by atoms with E-state index in [4.69, 9.17) is 0 Å². The molecule has 5 nitrogen and oxygen atoms in total. The van der Waals surface area contributed by atoms with E-state index in [1.54, 1.807) is 0 Å². The van der Waals surface area contributed by atoms with Gasteiger partial charge < -0.3 is 10.1 Å². The summed E-state index contributed by atoms with van der Waals surface area (Å²) >= 11 is 0. The Morgan fingerprint density at radius 2 is 1.83 bits per heavy atom. The second-order valence-corrected chi connectivity index (χ2v) is 6.64. The number of alkyl halides is 3. The smallest absolute Gasteiger partial charge is 0.404 e. The van der Waals surface area contributed by atoms with Crippen molar-refractivity contribution in [3.05, 3.63) is 71.1 Å². The van der Waals surface area contributed by atoms with Crippen LogP contribution in [0.5, 0.6) is 5.75 Å². The van der Waals surface area contributed by atoms with Crippen LogP contribution in [-0.4, -0.2) is 22.1 Å². The quantitative estimate of drug-likeness (QED) is 0.614. The normalized spacial score (nSPS) is 13.2. The number of hydrogen-bond donors (Lipinski definition) is 1. The van der Waals surface area contributed by atoms with Crippen molar-refractivity contribution in [2.75, 3.05) is 5.32 Å². The number of anilines is 1. The van der Waals surface area contributed by atoms with Crippen LogP contribution in [0.15, 0.2) is 42.5 Å². The fraction of sp³-hybridized carbons (Fsp3) is 0.200. The Hall–Kier alpha value is -3.43. The molecule has 0 radical (unpaired) electrons. The van der Waals surface area contributed by atoms with Crippen LogP contribution < -0.4 is 10.1 Å². The monoisotopic (exact) mass is 423 g/mol. The molecular weight excluding hydrogens is 409 g/mol. The zero-order valence-corrected chi connectivity index (χ0v) is 15.3. The topological polar surface area (TPSA) is 56.1 Å². The molecule has 0 aliphatic heterocycles. The molecule has 1 amide bonds. The Labute approximate surface area is 167 Å². The van der Waals surface area contributed by atoms with Gasteiger partial charge in [0.1, 0.15) is 0 Å². The van der Waals surface area contributed by atoms with Crippen molar-refractivity contribution in [1.82, 2.24) is 9.78 Å². The second kappa shape index (κ2) is 7.43. The van der Waals surface area contributed by atoms with Crippen LogP contribution in [-0.2, 0) is 12.8 Å². The summed E-state index contributed by atoms with van der Waals surface area (Å²) in [6.07, 6.45) is -3.09. The summed E-state index contributed by atoms with van der Waals surface area (Å²) in [6.45, 7) is 0. The fourth-order valence-electron chi connectivity index (χ4n) is 3.42. The molecule has 3 aromatic rings. The third-order valence-electron chi connectivity index (χ3n) is 4.65. The van der Waals surface area contributed by atoms with E-state index in [0.29, 0.717) is 24.1 Å². The molecule has 0 spiro atoms. The number of amides is 1. The summed E-state index contributed by atoms with van der Waals surface area (Å²) in [4.78, 5) is 12.8. The Morgan fingerprint density at radius 1 is 1.07 bits per heavy atom. The van der Waals surface area contributed by atoms with Crippen molar-refractivity contribution >= 4 is 11.6 Å². The van der Waals surface area contributed by atoms with Gasteiger partial charge in [0.05, 0.1) is 11.4 Å². The zero-order chi connectivity index (χ0) is 21.5. The van der Waals surface area contributed by atoms with Gasteiger partial charge in [0.15, 0.2) is 23.1 Å². The van der Waals surface area contributed by atoms with Gasteiger partial charge in [0.25, 0.3) is 5.91 Å². The molecular formula is C20H14F5N3O2. The molecule has 0 bridgehead atoms. The van der Waals surface area contributed by atoms with Crippen LogP contribution in [0, 0.1) is 11.6 Å². The van der Waals surface area contributed by atoms with Crippen molar-refractivity contribution < 1.29 is 31.5 Å². The number of halogens is 5. The van der Waals surface area contributed by atoms with Gasteiger partial charge in [-0.2, -0.15) is 5.10 Å². The molecule has 30 heavy (non-hydrogen) atoms. The van der Waals surface area contributed by atoms with Crippen LogP contribution in [0.1, 0.15) is 28.2 Å². The van der Waals surface area contributed by atoms with Crippen LogP contribution in [0.4, 0.5) is 27.6 Å². The molecule has 156 valence electrons. The highest BCUT2D eigenvalue weighted by Gasteiger charge is 2.33. The third-order valence-corrected chi connectivity index (χ3v) is 4.65.